The van der Waals surface area contributed by atoms with Crippen LogP contribution in [-0.4, -0.2) is 48.1 Å². The number of carbonyl (C=O) groups is 1. The first-order chi connectivity index (χ1) is 12.8. The Morgan fingerprint density at radius 3 is 2.96 bits per heavy atom. The number of aryl methyl sites for hydroxylation is 2. The molecule has 1 aliphatic heterocycles. The van der Waals surface area contributed by atoms with Crippen LogP contribution in [0.5, 0.6) is 0 Å². The molecular weight excluding hydrogens is 330 g/mol. The molecule has 4 rings (SSSR count). The molecular formula is C20H31N3O3. The smallest absolute Gasteiger partial charge is 0.220 e. The number of H-pyrrole nitrogens is 1. The molecule has 1 aromatic heterocycles. The highest BCUT2D eigenvalue weighted by atomic mass is 16.5. The number of ether oxygens (including phenoxy) is 2. The van der Waals surface area contributed by atoms with Crippen LogP contribution in [0.25, 0.3) is 0 Å². The maximum Gasteiger partial charge on any atom is 0.220 e. The fraction of sp³-hybridized carbons (Fsp3) is 0.800. The topological polar surface area (TPSA) is 76.2 Å². The highest BCUT2D eigenvalue weighted by Gasteiger charge is 2.29. The summed E-state index contributed by atoms with van der Waals surface area (Å²) in [4.78, 5) is 12.5. The van der Waals surface area contributed by atoms with Crippen molar-refractivity contribution in [3.8, 4) is 0 Å². The number of aromatic amines is 1. The number of carbonyl (C=O) groups excluding carboxylic acids is 1. The summed E-state index contributed by atoms with van der Waals surface area (Å²) in [5.74, 6) is 0.797. The van der Waals surface area contributed by atoms with Crippen molar-refractivity contribution >= 4 is 5.91 Å². The number of aromatic nitrogens is 2. The molecule has 2 N–H and O–H groups in total. The summed E-state index contributed by atoms with van der Waals surface area (Å²) >= 11 is 0. The Morgan fingerprint density at radius 2 is 2.12 bits per heavy atom. The first kappa shape index (κ1) is 18.0. The van der Waals surface area contributed by atoms with Gasteiger partial charge in [-0.05, 0) is 56.4 Å². The van der Waals surface area contributed by atoms with E-state index in [1.165, 1.54) is 43.4 Å². The minimum absolute atomic E-state index is 0.0237. The second-order valence-electron chi connectivity index (χ2n) is 8.04. The second-order valence-corrected chi connectivity index (χ2v) is 8.04. The lowest BCUT2D eigenvalue weighted by atomic mass is 9.86. The summed E-state index contributed by atoms with van der Waals surface area (Å²) in [5, 5.41) is 10.7. The molecule has 2 atom stereocenters. The number of nitrogens with one attached hydrogen (secondary N) is 2. The summed E-state index contributed by atoms with van der Waals surface area (Å²) in [6.07, 6.45) is 10.7. The number of fused-ring (bicyclic) bond motifs is 1. The molecule has 144 valence electrons. The molecule has 26 heavy (non-hydrogen) atoms. The van der Waals surface area contributed by atoms with Crippen molar-refractivity contribution < 1.29 is 14.3 Å². The molecule has 6 heteroatoms. The normalized spacial score (nSPS) is 26.2. The highest BCUT2D eigenvalue weighted by molar-refractivity contribution is 5.76. The van der Waals surface area contributed by atoms with Gasteiger partial charge in [-0.25, -0.2) is 0 Å². The van der Waals surface area contributed by atoms with Gasteiger partial charge in [-0.1, -0.05) is 6.42 Å². The summed E-state index contributed by atoms with van der Waals surface area (Å²) in [7, 11) is 0. The van der Waals surface area contributed by atoms with Crippen molar-refractivity contribution in [2.75, 3.05) is 19.8 Å². The first-order valence-electron chi connectivity index (χ1n) is 10.3. The van der Waals surface area contributed by atoms with Gasteiger partial charge in [0, 0.05) is 31.7 Å². The molecule has 2 heterocycles. The van der Waals surface area contributed by atoms with Crippen molar-refractivity contribution in [1.82, 2.24) is 15.5 Å². The number of nitrogens with zero attached hydrogens (tertiary/aromatic N) is 1. The van der Waals surface area contributed by atoms with Gasteiger partial charge in [0.05, 0.1) is 24.4 Å². The van der Waals surface area contributed by atoms with E-state index in [0.717, 1.165) is 44.1 Å². The van der Waals surface area contributed by atoms with E-state index < -0.39 is 0 Å². The van der Waals surface area contributed by atoms with Gasteiger partial charge in [0.25, 0.3) is 0 Å². The molecule has 0 unspecified atom stereocenters. The Hall–Kier alpha value is -1.40. The number of rotatable bonds is 7. The average Bonchev–Trinajstić information content (AvgIpc) is 3.03. The zero-order valence-corrected chi connectivity index (χ0v) is 15.6. The molecule has 0 radical (unpaired) electrons. The second kappa shape index (κ2) is 8.53. The van der Waals surface area contributed by atoms with E-state index in [1.54, 1.807) is 0 Å². The third kappa shape index (κ3) is 4.29. The molecule has 3 aliphatic rings. The molecule has 1 saturated carbocycles. The third-order valence-electron chi connectivity index (χ3n) is 6.14. The fourth-order valence-corrected chi connectivity index (χ4v) is 4.24. The van der Waals surface area contributed by atoms with E-state index in [1.807, 2.05) is 0 Å². The van der Waals surface area contributed by atoms with Crippen LogP contribution in [0.15, 0.2) is 0 Å². The highest BCUT2D eigenvalue weighted by Crippen LogP contribution is 2.27. The minimum Gasteiger partial charge on any atom is -0.379 e. The van der Waals surface area contributed by atoms with Crippen LogP contribution in [0.1, 0.15) is 61.9 Å². The predicted molar refractivity (Wildman–Crippen MR) is 98.0 cm³/mol. The van der Waals surface area contributed by atoms with Crippen LogP contribution >= 0.6 is 0 Å². The number of amides is 1. The van der Waals surface area contributed by atoms with Gasteiger partial charge >= 0.3 is 0 Å². The lowest BCUT2D eigenvalue weighted by Gasteiger charge is -2.34. The van der Waals surface area contributed by atoms with Gasteiger partial charge in [0.1, 0.15) is 0 Å². The van der Waals surface area contributed by atoms with Gasteiger partial charge in [0.2, 0.25) is 5.91 Å². The van der Waals surface area contributed by atoms with E-state index in [9.17, 15) is 4.79 Å². The molecule has 0 aromatic carbocycles. The average molecular weight is 361 g/mol. The van der Waals surface area contributed by atoms with E-state index >= 15 is 0 Å². The summed E-state index contributed by atoms with van der Waals surface area (Å²) in [6.45, 7) is 2.11. The molecule has 0 spiro atoms. The van der Waals surface area contributed by atoms with Crippen LogP contribution in [-0.2, 0) is 33.5 Å². The number of hydrogen-bond acceptors (Lipinski definition) is 4. The van der Waals surface area contributed by atoms with Gasteiger partial charge in [-0.2, -0.15) is 5.10 Å². The Kier molecular flexibility index (Phi) is 5.90. The van der Waals surface area contributed by atoms with E-state index in [-0.39, 0.29) is 18.1 Å². The van der Waals surface area contributed by atoms with Crippen LogP contribution < -0.4 is 5.32 Å². The van der Waals surface area contributed by atoms with Crippen molar-refractivity contribution in [2.45, 2.75) is 76.4 Å². The van der Waals surface area contributed by atoms with Crippen LogP contribution in [0, 0.1) is 5.92 Å². The van der Waals surface area contributed by atoms with Gasteiger partial charge in [0.15, 0.2) is 0 Å². The summed E-state index contributed by atoms with van der Waals surface area (Å²) in [6, 6.07) is -0.0237. The Balaban J connectivity index is 1.25. The predicted octanol–water partition coefficient (Wildman–Crippen LogP) is 2.31. The maximum absolute atomic E-state index is 12.5. The van der Waals surface area contributed by atoms with Gasteiger partial charge in [-0.3, -0.25) is 9.89 Å². The number of hydrogen-bond donors (Lipinski definition) is 2. The Labute approximate surface area is 155 Å². The lowest BCUT2D eigenvalue weighted by Crippen LogP contribution is -2.51. The fourth-order valence-electron chi connectivity index (χ4n) is 4.24. The van der Waals surface area contributed by atoms with Crippen LogP contribution in [0.2, 0.25) is 0 Å². The Bertz CT molecular complexity index is 611. The van der Waals surface area contributed by atoms with E-state index in [0.29, 0.717) is 19.4 Å². The molecule has 0 bridgehead atoms. The third-order valence-corrected chi connectivity index (χ3v) is 6.14. The SMILES string of the molecule is O=C(CCc1n[nH]c2c1CCCC2)N[C@@H]1COCC[C@@H]1OCC1CCC1. The first-order valence-corrected chi connectivity index (χ1v) is 10.3. The molecule has 1 aromatic rings. The molecule has 1 saturated heterocycles. The summed E-state index contributed by atoms with van der Waals surface area (Å²) in [5.41, 5.74) is 3.70. The minimum atomic E-state index is -0.0237. The molecule has 1 amide bonds. The lowest BCUT2D eigenvalue weighted by molar-refractivity contribution is -0.127. The Morgan fingerprint density at radius 1 is 1.23 bits per heavy atom. The quantitative estimate of drug-likeness (QED) is 0.781. The maximum atomic E-state index is 12.5. The molecule has 6 nitrogen and oxygen atoms in total. The van der Waals surface area contributed by atoms with Crippen LogP contribution in [0.3, 0.4) is 0 Å². The van der Waals surface area contributed by atoms with Gasteiger partial charge in [-0.15, -0.1) is 0 Å². The zero-order chi connectivity index (χ0) is 17.8. The largest absolute Gasteiger partial charge is 0.379 e. The monoisotopic (exact) mass is 361 g/mol. The van der Waals surface area contributed by atoms with Crippen molar-refractivity contribution in [1.29, 1.82) is 0 Å². The van der Waals surface area contributed by atoms with Crippen molar-refractivity contribution in [3.63, 3.8) is 0 Å². The van der Waals surface area contributed by atoms with Crippen molar-refractivity contribution in [2.24, 2.45) is 5.92 Å². The van der Waals surface area contributed by atoms with Crippen LogP contribution in [0.4, 0.5) is 0 Å². The van der Waals surface area contributed by atoms with Gasteiger partial charge < -0.3 is 14.8 Å². The zero-order valence-electron chi connectivity index (χ0n) is 15.6. The summed E-state index contributed by atoms with van der Waals surface area (Å²) < 4.78 is 11.7. The van der Waals surface area contributed by atoms with E-state index in [4.69, 9.17) is 9.47 Å². The molecule has 2 aliphatic carbocycles. The van der Waals surface area contributed by atoms with Crippen molar-refractivity contribution in [3.05, 3.63) is 17.0 Å². The molecule has 2 fully saturated rings. The standard InChI is InChI=1S/C20H31N3O3/c24-20(9-8-17-15-6-1-2-7-16(15)22-23-17)21-18-13-25-11-10-19(18)26-12-14-4-3-5-14/h14,18-19H,1-13H2,(H,21,24)(H,22,23)/t18-,19+/m1/s1. The van der Waals surface area contributed by atoms with E-state index in [2.05, 4.69) is 15.5 Å².